The van der Waals surface area contributed by atoms with Crippen molar-refractivity contribution in [2.75, 3.05) is 20.3 Å². The van der Waals surface area contributed by atoms with Crippen molar-refractivity contribution in [1.82, 2.24) is 5.32 Å². The van der Waals surface area contributed by atoms with Gasteiger partial charge in [-0.2, -0.15) is 0 Å². The van der Waals surface area contributed by atoms with E-state index in [0.717, 1.165) is 29.7 Å². The lowest BCUT2D eigenvalue weighted by molar-refractivity contribution is 0.0937. The van der Waals surface area contributed by atoms with Crippen LogP contribution in [-0.2, 0) is 11.2 Å². The van der Waals surface area contributed by atoms with E-state index in [0.29, 0.717) is 24.5 Å². The molecule has 5 nitrogen and oxygen atoms in total. The molecular formula is C19H21NO4. The van der Waals surface area contributed by atoms with Crippen LogP contribution in [0.4, 0.5) is 0 Å². The Morgan fingerprint density at radius 3 is 2.79 bits per heavy atom. The molecule has 0 unspecified atom stereocenters. The molecule has 2 aromatic rings. The fourth-order valence-corrected chi connectivity index (χ4v) is 2.86. The highest BCUT2D eigenvalue weighted by Crippen LogP contribution is 2.38. The van der Waals surface area contributed by atoms with Crippen molar-refractivity contribution in [3.8, 4) is 11.5 Å². The Morgan fingerprint density at radius 2 is 2.04 bits per heavy atom. The highest BCUT2D eigenvalue weighted by molar-refractivity contribution is 5.94. The Bertz CT molecular complexity index is 712. The van der Waals surface area contributed by atoms with Crippen molar-refractivity contribution in [2.45, 2.75) is 18.9 Å². The van der Waals surface area contributed by atoms with Crippen LogP contribution in [0.2, 0.25) is 0 Å². The summed E-state index contributed by atoms with van der Waals surface area (Å²) in [7, 11) is 1.59. The Hall–Kier alpha value is -2.37. The average Bonchev–Trinajstić information content (AvgIpc) is 2.98. The summed E-state index contributed by atoms with van der Waals surface area (Å²) in [6.45, 7) is 0.962. The van der Waals surface area contributed by atoms with Crippen LogP contribution in [0, 0.1) is 0 Å². The van der Waals surface area contributed by atoms with Crippen LogP contribution in [0.3, 0.4) is 0 Å². The number of carbonyl (C=O) groups is 1. The lowest BCUT2D eigenvalue weighted by Crippen LogP contribution is -2.26. The Kier molecular flexibility index (Phi) is 5.13. The normalized spacial score (nSPS) is 15.8. The van der Waals surface area contributed by atoms with Crippen molar-refractivity contribution in [2.24, 2.45) is 0 Å². The molecule has 1 atom stereocenters. The number of aliphatic hydroxyl groups is 1. The first-order valence-corrected chi connectivity index (χ1v) is 8.04. The van der Waals surface area contributed by atoms with Gasteiger partial charge in [-0.25, -0.2) is 0 Å². The van der Waals surface area contributed by atoms with Crippen molar-refractivity contribution in [3.63, 3.8) is 0 Å². The van der Waals surface area contributed by atoms with Crippen LogP contribution >= 0.6 is 0 Å². The molecule has 0 heterocycles. The van der Waals surface area contributed by atoms with E-state index in [1.54, 1.807) is 31.4 Å². The zero-order valence-electron chi connectivity index (χ0n) is 13.6. The Morgan fingerprint density at radius 1 is 1.25 bits per heavy atom. The van der Waals surface area contributed by atoms with Crippen LogP contribution < -0.4 is 10.1 Å². The van der Waals surface area contributed by atoms with Gasteiger partial charge in [0.1, 0.15) is 11.5 Å². The molecule has 24 heavy (non-hydrogen) atoms. The molecule has 126 valence electrons. The van der Waals surface area contributed by atoms with E-state index in [9.17, 15) is 9.90 Å². The fraction of sp³-hybridized carbons (Fsp3) is 0.316. The van der Waals surface area contributed by atoms with E-state index in [2.05, 4.69) is 5.32 Å². The van der Waals surface area contributed by atoms with Crippen LogP contribution in [0.5, 0.6) is 11.5 Å². The fourth-order valence-electron chi connectivity index (χ4n) is 2.86. The molecule has 1 aliphatic carbocycles. The number of aliphatic hydroxyl groups excluding tert-OH is 1. The molecule has 2 N–H and O–H groups in total. The molecule has 0 radical (unpaired) electrons. The third-order valence-electron chi connectivity index (χ3n) is 4.13. The maximum atomic E-state index is 11.9. The largest absolute Gasteiger partial charge is 0.457 e. The highest BCUT2D eigenvalue weighted by Gasteiger charge is 2.23. The van der Waals surface area contributed by atoms with E-state index in [4.69, 9.17) is 9.47 Å². The van der Waals surface area contributed by atoms with Crippen molar-refractivity contribution >= 4 is 5.91 Å². The summed E-state index contributed by atoms with van der Waals surface area (Å²) in [5.74, 6) is 1.29. The number of rotatable bonds is 6. The SMILES string of the molecule is COCCNC(=O)c1ccc(Oc2cccc3c2CC[C@H]3O)cc1. The average molecular weight is 327 g/mol. The predicted molar refractivity (Wildman–Crippen MR) is 90.4 cm³/mol. The van der Waals surface area contributed by atoms with E-state index < -0.39 is 6.10 Å². The second kappa shape index (κ2) is 7.47. The first-order valence-electron chi connectivity index (χ1n) is 8.04. The number of amides is 1. The summed E-state index contributed by atoms with van der Waals surface area (Å²) in [4.78, 5) is 11.9. The van der Waals surface area contributed by atoms with Crippen LogP contribution in [0.15, 0.2) is 42.5 Å². The van der Waals surface area contributed by atoms with Gasteiger partial charge in [0.05, 0.1) is 12.7 Å². The highest BCUT2D eigenvalue weighted by atomic mass is 16.5. The zero-order chi connectivity index (χ0) is 16.9. The number of fused-ring (bicyclic) bond motifs is 1. The molecule has 2 aromatic carbocycles. The number of hydrogen-bond donors (Lipinski definition) is 2. The molecule has 0 fully saturated rings. The summed E-state index contributed by atoms with van der Waals surface area (Å²) in [6, 6.07) is 12.7. The van der Waals surface area contributed by atoms with Gasteiger partial charge in [0.15, 0.2) is 0 Å². The lowest BCUT2D eigenvalue weighted by Gasteiger charge is -2.11. The minimum absolute atomic E-state index is 0.137. The molecular weight excluding hydrogens is 306 g/mol. The van der Waals surface area contributed by atoms with Gasteiger partial charge in [-0.3, -0.25) is 4.79 Å². The second-order valence-corrected chi connectivity index (χ2v) is 5.75. The lowest BCUT2D eigenvalue weighted by atomic mass is 10.1. The molecule has 0 aliphatic heterocycles. The number of methoxy groups -OCH3 is 1. The van der Waals surface area contributed by atoms with Crippen molar-refractivity contribution in [1.29, 1.82) is 0 Å². The Labute approximate surface area is 141 Å². The van der Waals surface area contributed by atoms with Crippen molar-refractivity contribution < 1.29 is 19.4 Å². The monoisotopic (exact) mass is 327 g/mol. The van der Waals surface area contributed by atoms with Crippen LogP contribution in [-0.4, -0.2) is 31.3 Å². The number of carbonyl (C=O) groups excluding carboxylic acids is 1. The molecule has 0 spiro atoms. The molecule has 1 amide bonds. The summed E-state index contributed by atoms with van der Waals surface area (Å²) in [5, 5.41) is 12.7. The predicted octanol–water partition coefficient (Wildman–Crippen LogP) is 2.83. The van der Waals surface area contributed by atoms with Gasteiger partial charge in [-0.05, 0) is 48.7 Å². The maximum absolute atomic E-state index is 11.9. The quantitative estimate of drug-likeness (QED) is 0.801. The van der Waals surface area contributed by atoms with Crippen LogP contribution in [0.25, 0.3) is 0 Å². The molecule has 5 heteroatoms. The minimum atomic E-state index is -0.401. The topological polar surface area (TPSA) is 67.8 Å². The third-order valence-corrected chi connectivity index (χ3v) is 4.13. The van der Waals surface area contributed by atoms with E-state index in [-0.39, 0.29) is 5.91 Å². The number of hydrogen-bond acceptors (Lipinski definition) is 4. The van der Waals surface area contributed by atoms with Gasteiger partial charge in [0, 0.05) is 24.8 Å². The molecule has 0 saturated heterocycles. The van der Waals surface area contributed by atoms with E-state index >= 15 is 0 Å². The van der Waals surface area contributed by atoms with Gasteiger partial charge < -0.3 is 19.9 Å². The third kappa shape index (κ3) is 3.58. The van der Waals surface area contributed by atoms with Gasteiger partial charge in [0.25, 0.3) is 5.91 Å². The smallest absolute Gasteiger partial charge is 0.251 e. The first kappa shape index (κ1) is 16.5. The number of ether oxygens (including phenoxy) is 2. The molecule has 1 aliphatic rings. The molecule has 3 rings (SSSR count). The van der Waals surface area contributed by atoms with Gasteiger partial charge >= 0.3 is 0 Å². The minimum Gasteiger partial charge on any atom is -0.457 e. The molecule has 0 bridgehead atoms. The zero-order valence-corrected chi connectivity index (χ0v) is 13.6. The summed E-state index contributed by atoms with van der Waals surface area (Å²) < 4.78 is 10.8. The molecule has 0 aromatic heterocycles. The summed E-state index contributed by atoms with van der Waals surface area (Å²) in [6.07, 6.45) is 1.14. The van der Waals surface area contributed by atoms with Gasteiger partial charge in [0.2, 0.25) is 0 Å². The van der Waals surface area contributed by atoms with Crippen LogP contribution in [0.1, 0.15) is 34.0 Å². The number of nitrogens with one attached hydrogen (secondary N) is 1. The van der Waals surface area contributed by atoms with Gasteiger partial charge in [-0.15, -0.1) is 0 Å². The number of benzene rings is 2. The molecule has 0 saturated carbocycles. The van der Waals surface area contributed by atoms with E-state index in [1.807, 2.05) is 18.2 Å². The van der Waals surface area contributed by atoms with Gasteiger partial charge in [-0.1, -0.05) is 12.1 Å². The van der Waals surface area contributed by atoms with Crippen molar-refractivity contribution in [3.05, 3.63) is 59.2 Å². The standard InChI is InChI=1S/C19H21NO4/c1-23-12-11-20-19(22)13-5-7-14(8-6-13)24-18-4-2-3-15-16(18)9-10-17(15)21/h2-8,17,21H,9-12H2,1H3,(H,20,22)/t17-/m1/s1. The summed E-state index contributed by atoms with van der Waals surface area (Å²) >= 11 is 0. The van der Waals surface area contributed by atoms with E-state index in [1.165, 1.54) is 0 Å². The summed E-state index contributed by atoms with van der Waals surface area (Å²) in [5.41, 5.74) is 2.58. The second-order valence-electron chi connectivity index (χ2n) is 5.75. The first-order chi connectivity index (χ1) is 11.7. The maximum Gasteiger partial charge on any atom is 0.251 e. The Balaban J connectivity index is 1.68.